The topological polar surface area (TPSA) is 90.7 Å². The van der Waals surface area contributed by atoms with E-state index in [-0.39, 0.29) is 6.61 Å². The fourth-order valence-corrected chi connectivity index (χ4v) is 3.36. The molecule has 176 valence electrons. The maximum absolute atomic E-state index is 11.3. The van der Waals surface area contributed by atoms with Crippen LogP contribution >= 0.6 is 0 Å². The molecule has 1 heterocycles. The summed E-state index contributed by atoms with van der Waals surface area (Å²) in [6.07, 6.45) is -0.430. The van der Waals surface area contributed by atoms with Crippen molar-refractivity contribution >= 4 is 5.97 Å². The molecular weight excluding hydrogens is 432 g/mol. The predicted octanol–water partition coefficient (Wildman–Crippen LogP) is 4.95. The van der Waals surface area contributed by atoms with Crippen LogP contribution in [0.3, 0.4) is 0 Å². The molecule has 1 aromatic heterocycles. The van der Waals surface area contributed by atoms with Gasteiger partial charge in [0.05, 0.1) is 36.7 Å². The molecule has 34 heavy (non-hydrogen) atoms. The molecule has 0 saturated heterocycles. The molecule has 7 heteroatoms. The van der Waals surface area contributed by atoms with E-state index in [2.05, 4.69) is 10.8 Å². The van der Waals surface area contributed by atoms with Crippen molar-refractivity contribution in [2.45, 2.75) is 26.9 Å². The summed E-state index contributed by atoms with van der Waals surface area (Å²) in [7, 11) is 1.32. The van der Waals surface area contributed by atoms with Crippen molar-refractivity contribution in [3.63, 3.8) is 0 Å². The van der Waals surface area contributed by atoms with Gasteiger partial charge < -0.3 is 18.9 Å². The van der Waals surface area contributed by atoms with Crippen molar-refractivity contribution in [1.82, 2.24) is 4.98 Å². The van der Waals surface area contributed by atoms with Gasteiger partial charge in [-0.15, -0.1) is 0 Å². The number of carbonyl (C=O) groups is 1. The molecule has 0 spiro atoms. The second kappa shape index (κ2) is 11.8. The van der Waals surface area contributed by atoms with Crippen molar-refractivity contribution in [3.8, 4) is 28.8 Å². The average molecular weight is 461 g/mol. The molecule has 0 amide bonds. The lowest BCUT2D eigenvalue weighted by molar-refractivity contribution is -0.142. The minimum absolute atomic E-state index is 0.157. The number of nitriles is 1. The first kappa shape index (κ1) is 24.7. The summed E-state index contributed by atoms with van der Waals surface area (Å²) in [5, 5.41) is 9.20. The Balaban J connectivity index is 1.83. The van der Waals surface area contributed by atoms with Crippen molar-refractivity contribution in [3.05, 3.63) is 77.0 Å². The zero-order valence-corrected chi connectivity index (χ0v) is 19.8. The first-order chi connectivity index (χ1) is 16.4. The van der Waals surface area contributed by atoms with Gasteiger partial charge in [-0.05, 0) is 74.4 Å². The van der Waals surface area contributed by atoms with Crippen LogP contribution in [0.1, 0.15) is 35.4 Å². The standard InChI is InChI=1S/C27H28N2O5/c1-5-32-16-26(34-22-11-12-25(19(3)14-22)33-17-27(30)31-4)24-8-6-7-23(29-24)20-9-10-21(15-28)18(2)13-20/h6-14,26H,5,16-17H2,1-4H3. The highest BCUT2D eigenvalue weighted by atomic mass is 16.6. The van der Waals surface area contributed by atoms with Gasteiger partial charge in [-0.3, -0.25) is 0 Å². The lowest BCUT2D eigenvalue weighted by atomic mass is 10.0. The first-order valence-electron chi connectivity index (χ1n) is 11.0. The Morgan fingerprint density at radius 1 is 1.09 bits per heavy atom. The summed E-state index contributed by atoms with van der Waals surface area (Å²) in [6.45, 7) is 6.44. The SMILES string of the molecule is CCOCC(Oc1ccc(OCC(=O)OC)c(C)c1)c1cccc(-c2ccc(C#N)c(C)c2)n1. The summed E-state index contributed by atoms with van der Waals surface area (Å²) < 4.78 is 22.0. The number of hydrogen-bond donors (Lipinski definition) is 0. The fourth-order valence-electron chi connectivity index (χ4n) is 3.36. The fraction of sp³-hybridized carbons (Fsp3) is 0.296. The molecule has 1 unspecified atom stereocenters. The molecule has 0 radical (unpaired) electrons. The number of ether oxygens (including phenoxy) is 4. The molecule has 0 fully saturated rings. The van der Waals surface area contributed by atoms with E-state index in [0.717, 1.165) is 28.1 Å². The van der Waals surface area contributed by atoms with Crippen LogP contribution in [0.5, 0.6) is 11.5 Å². The molecule has 7 nitrogen and oxygen atoms in total. The molecule has 0 aliphatic heterocycles. The third kappa shape index (κ3) is 6.33. The molecule has 0 saturated carbocycles. The third-order valence-electron chi connectivity index (χ3n) is 5.21. The van der Waals surface area contributed by atoms with Crippen LogP contribution in [-0.4, -0.2) is 37.9 Å². The Labute approximate surface area is 199 Å². The average Bonchev–Trinajstić information content (AvgIpc) is 2.85. The highest BCUT2D eigenvalue weighted by molar-refractivity contribution is 5.71. The number of methoxy groups -OCH3 is 1. The Morgan fingerprint density at radius 3 is 2.59 bits per heavy atom. The summed E-state index contributed by atoms with van der Waals surface area (Å²) in [6, 6.07) is 19.0. The second-order valence-corrected chi connectivity index (χ2v) is 7.65. The summed E-state index contributed by atoms with van der Waals surface area (Å²) in [4.78, 5) is 16.2. The summed E-state index contributed by atoms with van der Waals surface area (Å²) in [5.41, 5.74) is 4.82. The lowest BCUT2D eigenvalue weighted by Crippen LogP contribution is -2.17. The van der Waals surface area contributed by atoms with Crippen LogP contribution < -0.4 is 9.47 Å². The van der Waals surface area contributed by atoms with Crippen LogP contribution in [0, 0.1) is 25.2 Å². The normalized spacial score (nSPS) is 11.4. The molecule has 3 rings (SSSR count). The van der Waals surface area contributed by atoms with Crippen LogP contribution in [0.15, 0.2) is 54.6 Å². The van der Waals surface area contributed by atoms with Gasteiger partial charge in [0.1, 0.15) is 11.5 Å². The second-order valence-electron chi connectivity index (χ2n) is 7.65. The highest BCUT2D eigenvalue weighted by Crippen LogP contribution is 2.29. The number of rotatable bonds is 10. The molecule has 0 aliphatic carbocycles. The van der Waals surface area contributed by atoms with Gasteiger partial charge in [0.2, 0.25) is 0 Å². The van der Waals surface area contributed by atoms with E-state index in [1.807, 2.05) is 57.2 Å². The van der Waals surface area contributed by atoms with E-state index in [9.17, 15) is 10.1 Å². The Morgan fingerprint density at radius 2 is 1.91 bits per heavy atom. The van der Waals surface area contributed by atoms with Gasteiger partial charge in [-0.1, -0.05) is 12.1 Å². The summed E-state index contributed by atoms with van der Waals surface area (Å²) in [5.74, 6) is 0.768. The number of benzene rings is 2. The number of hydrogen-bond acceptors (Lipinski definition) is 7. The molecular formula is C27H28N2O5. The Hall–Kier alpha value is -3.89. The van der Waals surface area contributed by atoms with Gasteiger partial charge in [0, 0.05) is 12.2 Å². The Kier molecular flexibility index (Phi) is 8.60. The lowest BCUT2D eigenvalue weighted by Gasteiger charge is -2.20. The van der Waals surface area contributed by atoms with Crippen LogP contribution in [0.2, 0.25) is 0 Å². The van der Waals surface area contributed by atoms with Crippen molar-refractivity contribution < 1.29 is 23.7 Å². The van der Waals surface area contributed by atoms with Crippen LogP contribution in [-0.2, 0) is 14.3 Å². The first-order valence-corrected chi connectivity index (χ1v) is 11.0. The van der Waals surface area contributed by atoms with E-state index < -0.39 is 12.1 Å². The molecule has 1 atom stereocenters. The zero-order chi connectivity index (χ0) is 24.5. The number of nitrogens with zero attached hydrogens (tertiary/aromatic N) is 2. The van der Waals surface area contributed by atoms with E-state index >= 15 is 0 Å². The number of carbonyl (C=O) groups excluding carboxylic acids is 1. The van der Waals surface area contributed by atoms with Crippen LogP contribution in [0.25, 0.3) is 11.3 Å². The highest BCUT2D eigenvalue weighted by Gasteiger charge is 2.17. The van der Waals surface area contributed by atoms with Gasteiger partial charge >= 0.3 is 5.97 Å². The van der Waals surface area contributed by atoms with E-state index in [1.165, 1.54) is 7.11 Å². The van der Waals surface area contributed by atoms with Crippen molar-refractivity contribution in [2.75, 3.05) is 26.9 Å². The predicted molar refractivity (Wildman–Crippen MR) is 128 cm³/mol. The molecule has 0 aliphatic rings. The zero-order valence-electron chi connectivity index (χ0n) is 19.8. The van der Waals surface area contributed by atoms with Gasteiger partial charge in [-0.25, -0.2) is 9.78 Å². The minimum atomic E-state index is -0.445. The molecule has 2 aromatic carbocycles. The quantitative estimate of drug-likeness (QED) is 0.396. The van der Waals surface area contributed by atoms with E-state index in [1.54, 1.807) is 18.2 Å². The van der Waals surface area contributed by atoms with E-state index in [0.29, 0.717) is 30.3 Å². The maximum atomic E-state index is 11.3. The summed E-state index contributed by atoms with van der Waals surface area (Å²) >= 11 is 0. The molecule has 0 N–H and O–H groups in total. The number of esters is 1. The molecule has 3 aromatic rings. The van der Waals surface area contributed by atoms with Gasteiger partial charge in [0.25, 0.3) is 0 Å². The van der Waals surface area contributed by atoms with Gasteiger partial charge in [-0.2, -0.15) is 5.26 Å². The third-order valence-corrected chi connectivity index (χ3v) is 5.21. The van der Waals surface area contributed by atoms with Crippen molar-refractivity contribution in [1.29, 1.82) is 5.26 Å². The van der Waals surface area contributed by atoms with Crippen molar-refractivity contribution in [2.24, 2.45) is 0 Å². The van der Waals surface area contributed by atoms with E-state index in [4.69, 9.17) is 19.2 Å². The maximum Gasteiger partial charge on any atom is 0.343 e. The largest absolute Gasteiger partial charge is 0.482 e. The van der Waals surface area contributed by atoms with Crippen LogP contribution in [0.4, 0.5) is 0 Å². The smallest absolute Gasteiger partial charge is 0.343 e. The van der Waals surface area contributed by atoms with Gasteiger partial charge in [0.15, 0.2) is 12.7 Å². The number of pyridine rings is 1. The number of aryl methyl sites for hydroxylation is 2. The number of aromatic nitrogens is 1. The minimum Gasteiger partial charge on any atom is -0.482 e. The molecule has 0 bridgehead atoms. The Bertz CT molecular complexity index is 1190. The monoisotopic (exact) mass is 460 g/mol.